The number of nitrogens with zero attached hydrogens (tertiary/aromatic N) is 4. The van der Waals surface area contributed by atoms with E-state index in [9.17, 15) is 9.59 Å². The van der Waals surface area contributed by atoms with Crippen LogP contribution in [0.25, 0.3) is 16.6 Å². The van der Waals surface area contributed by atoms with Crippen molar-refractivity contribution in [1.29, 1.82) is 0 Å². The Morgan fingerprint density at radius 3 is 2.44 bits per heavy atom. The molecule has 3 heterocycles. The van der Waals surface area contributed by atoms with Crippen molar-refractivity contribution in [3.63, 3.8) is 0 Å². The van der Waals surface area contributed by atoms with Crippen LogP contribution in [0.3, 0.4) is 0 Å². The Morgan fingerprint density at radius 2 is 1.74 bits per heavy atom. The molecule has 0 saturated carbocycles. The highest BCUT2D eigenvalue weighted by molar-refractivity contribution is 6.30. The minimum Gasteiger partial charge on any atom is -0.493 e. The van der Waals surface area contributed by atoms with E-state index in [-0.39, 0.29) is 11.4 Å². The van der Waals surface area contributed by atoms with Gasteiger partial charge in [-0.05, 0) is 49.4 Å². The van der Waals surface area contributed by atoms with Crippen LogP contribution in [0.2, 0.25) is 5.02 Å². The van der Waals surface area contributed by atoms with Crippen LogP contribution >= 0.6 is 11.6 Å². The lowest BCUT2D eigenvalue weighted by Crippen LogP contribution is -2.25. The predicted octanol–water partition coefficient (Wildman–Crippen LogP) is 5.14. The lowest BCUT2D eigenvalue weighted by Gasteiger charge is -2.12. The number of halogens is 1. The number of pyridine rings is 2. The number of aromatic nitrogens is 4. The molecule has 5 rings (SSSR count). The predicted molar refractivity (Wildman–Crippen MR) is 148 cm³/mol. The number of rotatable bonds is 7. The van der Waals surface area contributed by atoms with Gasteiger partial charge in [-0.2, -0.15) is 0 Å². The van der Waals surface area contributed by atoms with E-state index >= 15 is 0 Å². The van der Waals surface area contributed by atoms with Crippen molar-refractivity contribution < 1.29 is 19.0 Å². The monoisotopic (exact) mass is 545 g/mol. The molecule has 39 heavy (non-hydrogen) atoms. The van der Waals surface area contributed by atoms with Crippen molar-refractivity contribution in [2.45, 2.75) is 6.92 Å². The average molecular weight is 546 g/mol. The number of ether oxygens (including phenoxy) is 3. The topological polar surface area (TPSA) is 110 Å². The van der Waals surface area contributed by atoms with E-state index in [1.165, 1.54) is 10.9 Å². The van der Waals surface area contributed by atoms with E-state index in [2.05, 4.69) is 15.3 Å². The number of benzene rings is 2. The quantitative estimate of drug-likeness (QED) is 0.301. The van der Waals surface area contributed by atoms with Crippen LogP contribution in [-0.2, 0) is 7.05 Å². The van der Waals surface area contributed by atoms with Crippen LogP contribution in [-0.4, -0.2) is 39.5 Å². The third-order valence-corrected chi connectivity index (χ3v) is 6.48. The lowest BCUT2D eigenvalue weighted by atomic mass is 10.2. The molecule has 0 fully saturated rings. The van der Waals surface area contributed by atoms with Gasteiger partial charge in [-0.25, -0.2) is 9.67 Å². The van der Waals surface area contributed by atoms with Gasteiger partial charge >= 0.3 is 0 Å². The number of amides is 1. The van der Waals surface area contributed by atoms with Gasteiger partial charge < -0.3 is 19.5 Å². The Labute approximate surface area is 228 Å². The summed E-state index contributed by atoms with van der Waals surface area (Å²) >= 11 is 6.10. The summed E-state index contributed by atoms with van der Waals surface area (Å²) in [4.78, 5) is 34.9. The summed E-state index contributed by atoms with van der Waals surface area (Å²) in [6, 6.07) is 15.4. The average Bonchev–Trinajstić information content (AvgIpc) is 3.16. The maximum absolute atomic E-state index is 13.2. The van der Waals surface area contributed by atoms with Crippen molar-refractivity contribution >= 4 is 34.2 Å². The first kappa shape index (κ1) is 25.8. The van der Waals surface area contributed by atoms with Crippen molar-refractivity contribution in [1.82, 2.24) is 19.3 Å². The molecule has 2 aromatic carbocycles. The molecule has 0 unspecified atom stereocenters. The number of methoxy groups -OCH3 is 2. The van der Waals surface area contributed by atoms with Gasteiger partial charge in [0.25, 0.3) is 11.5 Å². The Balaban J connectivity index is 1.37. The third-order valence-electron chi connectivity index (χ3n) is 6.25. The zero-order valence-corrected chi connectivity index (χ0v) is 22.3. The standard InChI is InChI=1S/C28H24ClN5O5/c1-16-26(28(36)34(33(16)2)18-7-5-6-17(29)12-18)27(35)32-25-9-8-19(15-31-25)39-22-10-11-30-21-14-24(38-4)23(37-3)13-20(21)22/h5-15H,1-4H3,(H,31,32,35). The van der Waals surface area contributed by atoms with Crippen molar-refractivity contribution in [2.75, 3.05) is 19.5 Å². The molecular weight excluding hydrogens is 522 g/mol. The van der Waals surface area contributed by atoms with Crippen LogP contribution in [0.5, 0.6) is 23.0 Å². The Hall–Kier alpha value is -4.83. The zero-order valence-electron chi connectivity index (χ0n) is 21.6. The van der Waals surface area contributed by atoms with E-state index < -0.39 is 11.5 Å². The van der Waals surface area contributed by atoms with Gasteiger partial charge in [0.2, 0.25) is 0 Å². The zero-order chi connectivity index (χ0) is 27.7. The molecule has 3 aromatic heterocycles. The molecule has 0 spiro atoms. The summed E-state index contributed by atoms with van der Waals surface area (Å²) in [7, 11) is 4.82. The van der Waals surface area contributed by atoms with Gasteiger partial charge in [-0.3, -0.25) is 19.3 Å². The second kappa shape index (κ2) is 10.5. The van der Waals surface area contributed by atoms with Gasteiger partial charge in [0.15, 0.2) is 11.5 Å². The fourth-order valence-electron chi connectivity index (χ4n) is 4.23. The molecular formula is C28H24ClN5O5. The number of hydrogen-bond acceptors (Lipinski definition) is 7. The molecule has 1 amide bonds. The van der Waals surface area contributed by atoms with Crippen LogP contribution in [0, 0.1) is 6.92 Å². The number of carbonyl (C=O) groups excluding carboxylic acids is 1. The molecule has 198 valence electrons. The maximum Gasteiger partial charge on any atom is 0.284 e. The Kier molecular flexibility index (Phi) is 6.95. The Bertz CT molecular complexity index is 1760. The fraction of sp³-hybridized carbons (Fsp3) is 0.143. The molecule has 0 aliphatic rings. The van der Waals surface area contributed by atoms with Crippen LogP contribution in [0.4, 0.5) is 5.82 Å². The summed E-state index contributed by atoms with van der Waals surface area (Å²) in [5.74, 6) is 1.77. The molecule has 0 atom stereocenters. The van der Waals surface area contributed by atoms with Crippen LogP contribution < -0.4 is 25.1 Å². The first-order chi connectivity index (χ1) is 18.8. The summed E-state index contributed by atoms with van der Waals surface area (Å²) in [6.07, 6.45) is 3.11. The van der Waals surface area contributed by atoms with Crippen LogP contribution in [0.1, 0.15) is 16.1 Å². The highest BCUT2D eigenvalue weighted by atomic mass is 35.5. The highest BCUT2D eigenvalue weighted by Crippen LogP contribution is 2.36. The number of hydrogen-bond donors (Lipinski definition) is 1. The highest BCUT2D eigenvalue weighted by Gasteiger charge is 2.23. The largest absolute Gasteiger partial charge is 0.493 e. The minimum atomic E-state index is -0.573. The molecule has 5 aromatic rings. The second-order valence-electron chi connectivity index (χ2n) is 8.55. The Morgan fingerprint density at radius 1 is 0.974 bits per heavy atom. The second-order valence-corrected chi connectivity index (χ2v) is 8.99. The maximum atomic E-state index is 13.2. The van der Waals surface area contributed by atoms with E-state index in [4.69, 9.17) is 25.8 Å². The first-order valence-electron chi connectivity index (χ1n) is 11.8. The number of carbonyl (C=O) groups is 1. The smallest absolute Gasteiger partial charge is 0.284 e. The number of anilines is 1. The van der Waals surface area contributed by atoms with Gasteiger partial charge in [-0.1, -0.05) is 17.7 Å². The SMILES string of the molecule is COc1cc2nccc(Oc3ccc(NC(=O)c4c(C)n(C)n(-c5cccc(Cl)c5)c4=O)nc3)c2cc1OC. The lowest BCUT2D eigenvalue weighted by molar-refractivity contribution is 0.102. The molecule has 0 aliphatic heterocycles. The fourth-order valence-corrected chi connectivity index (χ4v) is 4.41. The number of fused-ring (bicyclic) bond motifs is 1. The molecule has 1 N–H and O–H groups in total. The number of nitrogens with one attached hydrogen (secondary N) is 1. The summed E-state index contributed by atoms with van der Waals surface area (Å²) < 4.78 is 19.8. The molecule has 10 nitrogen and oxygen atoms in total. The molecule has 0 saturated heterocycles. The van der Waals surface area contributed by atoms with E-state index in [0.29, 0.717) is 44.9 Å². The minimum absolute atomic E-state index is 0.00670. The molecule has 0 aliphatic carbocycles. The molecule has 0 radical (unpaired) electrons. The van der Waals surface area contributed by atoms with Crippen molar-refractivity contribution in [2.24, 2.45) is 7.05 Å². The first-order valence-corrected chi connectivity index (χ1v) is 12.2. The molecule has 11 heteroatoms. The van der Waals surface area contributed by atoms with Crippen molar-refractivity contribution in [3.8, 4) is 28.7 Å². The van der Waals surface area contributed by atoms with E-state index in [1.807, 2.05) is 0 Å². The van der Waals surface area contributed by atoms with Crippen molar-refractivity contribution in [3.05, 3.63) is 93.6 Å². The van der Waals surface area contributed by atoms with E-state index in [0.717, 1.165) is 5.39 Å². The third kappa shape index (κ3) is 4.89. The van der Waals surface area contributed by atoms with Gasteiger partial charge in [-0.15, -0.1) is 0 Å². The summed E-state index contributed by atoms with van der Waals surface area (Å²) in [5, 5.41) is 3.90. The van der Waals surface area contributed by atoms with Gasteiger partial charge in [0, 0.05) is 29.7 Å². The van der Waals surface area contributed by atoms with Crippen LogP contribution in [0.15, 0.2) is 71.8 Å². The normalized spacial score (nSPS) is 10.9. The molecule has 0 bridgehead atoms. The summed E-state index contributed by atoms with van der Waals surface area (Å²) in [6.45, 7) is 1.70. The summed E-state index contributed by atoms with van der Waals surface area (Å²) in [5.41, 5.74) is 1.26. The van der Waals surface area contributed by atoms with Gasteiger partial charge in [0.1, 0.15) is 22.9 Å². The van der Waals surface area contributed by atoms with Gasteiger partial charge in [0.05, 0.1) is 37.3 Å². The van der Waals surface area contributed by atoms with E-state index in [1.54, 1.807) is 93.7 Å².